The summed E-state index contributed by atoms with van der Waals surface area (Å²) < 4.78 is 27.1. The van der Waals surface area contributed by atoms with E-state index in [1.165, 1.54) is 0 Å². The van der Waals surface area contributed by atoms with Crippen molar-refractivity contribution < 1.29 is 23.5 Å². The second-order valence-electron chi connectivity index (χ2n) is 10.7. The van der Waals surface area contributed by atoms with Gasteiger partial charge in [-0.3, -0.25) is 9.59 Å². The number of carbonyl (C=O) groups is 2. The van der Waals surface area contributed by atoms with Gasteiger partial charge in [-0.15, -0.1) is 0 Å². The predicted octanol–water partition coefficient (Wildman–Crippen LogP) is 3.12. The molecule has 3 aliphatic heterocycles. The van der Waals surface area contributed by atoms with Crippen molar-refractivity contribution in [2.75, 3.05) is 57.3 Å². The molecule has 1 N–H and O–H groups in total. The number of carbonyl (C=O) groups excluding carboxylic acids is 2. The summed E-state index contributed by atoms with van der Waals surface area (Å²) in [6.45, 7) is 1.92. The first-order valence-electron chi connectivity index (χ1n) is 12.6. The Bertz CT molecular complexity index is 1020. The normalized spacial score (nSPS) is 26.5. The Kier molecular flexibility index (Phi) is 7.13. The van der Waals surface area contributed by atoms with E-state index in [1.54, 1.807) is 17.0 Å². The number of aliphatic hydroxyl groups is 1. The number of hydrogen-bond donors (Lipinski definition) is 1. The third-order valence-electron chi connectivity index (χ3n) is 8.29. The van der Waals surface area contributed by atoms with Crippen molar-refractivity contribution in [3.63, 3.8) is 0 Å². The maximum Gasteiger partial charge on any atom is 0.282 e. The molecule has 1 aliphatic carbocycles. The van der Waals surface area contributed by atoms with Gasteiger partial charge in [0.15, 0.2) is 0 Å². The Hall–Kier alpha value is -1.68. The average Bonchev–Trinajstić information content (AvgIpc) is 3.62. The third kappa shape index (κ3) is 5.30. The maximum atomic E-state index is 13.6. The highest BCUT2D eigenvalue weighted by molar-refractivity contribution is 6.42. The number of nitrogens with zero attached hydrogens (tertiary/aromatic N) is 4. The summed E-state index contributed by atoms with van der Waals surface area (Å²) in [5.74, 6) is -3.46. The molecule has 7 nitrogen and oxygen atoms in total. The summed E-state index contributed by atoms with van der Waals surface area (Å²) in [5, 5.41) is 11.4. The van der Waals surface area contributed by atoms with Crippen LogP contribution in [0.25, 0.3) is 0 Å². The minimum atomic E-state index is -2.87. The SMILES string of the molecule is O=C(C(CCN1CCC2(CC2)C(O)C1)N1CCN(c2ccc(Cl)c(Cl)c2)CCC1=O)N1CC(F)(F)C1. The van der Waals surface area contributed by atoms with Gasteiger partial charge in [0.2, 0.25) is 11.8 Å². The summed E-state index contributed by atoms with van der Waals surface area (Å²) in [5.41, 5.74) is 0.907. The fourth-order valence-electron chi connectivity index (χ4n) is 5.73. The van der Waals surface area contributed by atoms with Crippen LogP contribution < -0.4 is 4.90 Å². The summed E-state index contributed by atoms with van der Waals surface area (Å²) in [7, 11) is 0. The van der Waals surface area contributed by atoms with Crippen molar-refractivity contribution in [2.45, 2.75) is 50.2 Å². The third-order valence-corrected chi connectivity index (χ3v) is 9.03. The van der Waals surface area contributed by atoms with Gasteiger partial charge in [0.05, 0.1) is 29.2 Å². The van der Waals surface area contributed by atoms with E-state index in [-0.39, 0.29) is 23.8 Å². The number of β-amino-alcohol motifs (C(OH)–C–C–N with tert-alkyl or cyclic N) is 1. The molecule has 3 saturated heterocycles. The quantitative estimate of drug-likeness (QED) is 0.596. The zero-order chi connectivity index (χ0) is 25.7. The van der Waals surface area contributed by atoms with Gasteiger partial charge in [0, 0.05) is 44.8 Å². The van der Waals surface area contributed by atoms with Gasteiger partial charge in [-0.25, -0.2) is 8.78 Å². The van der Waals surface area contributed by atoms with Crippen LogP contribution >= 0.6 is 23.2 Å². The van der Waals surface area contributed by atoms with E-state index in [0.29, 0.717) is 49.2 Å². The molecule has 3 heterocycles. The van der Waals surface area contributed by atoms with Gasteiger partial charge in [-0.05, 0) is 55.8 Å². The molecular formula is C25H32Cl2F2N4O3. The minimum absolute atomic E-state index is 0.0731. The molecule has 2 unspecified atom stereocenters. The lowest BCUT2D eigenvalue weighted by Crippen LogP contribution is -2.63. The first-order chi connectivity index (χ1) is 17.1. The molecule has 198 valence electrons. The number of aliphatic hydroxyl groups excluding tert-OH is 1. The fourth-order valence-corrected chi connectivity index (χ4v) is 6.02. The van der Waals surface area contributed by atoms with Gasteiger partial charge in [-0.2, -0.15) is 0 Å². The lowest BCUT2D eigenvalue weighted by molar-refractivity contribution is -0.172. The monoisotopic (exact) mass is 544 g/mol. The smallest absolute Gasteiger partial charge is 0.282 e. The molecule has 2 atom stereocenters. The van der Waals surface area contributed by atoms with Gasteiger partial charge in [-0.1, -0.05) is 23.2 Å². The number of halogens is 4. The Morgan fingerprint density at radius 2 is 1.83 bits per heavy atom. The number of likely N-dealkylation sites (tertiary alicyclic amines) is 2. The van der Waals surface area contributed by atoms with Gasteiger partial charge < -0.3 is 24.7 Å². The van der Waals surface area contributed by atoms with E-state index in [2.05, 4.69) is 4.90 Å². The van der Waals surface area contributed by atoms with Crippen molar-refractivity contribution in [1.82, 2.24) is 14.7 Å². The molecule has 4 fully saturated rings. The van der Waals surface area contributed by atoms with E-state index >= 15 is 0 Å². The number of anilines is 1. The van der Waals surface area contributed by atoms with Crippen LogP contribution in [0.15, 0.2) is 18.2 Å². The molecule has 0 aromatic heterocycles. The average molecular weight is 545 g/mol. The zero-order valence-electron chi connectivity index (χ0n) is 20.1. The molecule has 1 spiro atoms. The molecule has 1 aromatic carbocycles. The van der Waals surface area contributed by atoms with E-state index in [0.717, 1.165) is 36.4 Å². The van der Waals surface area contributed by atoms with E-state index < -0.39 is 31.0 Å². The summed E-state index contributed by atoms with van der Waals surface area (Å²) in [6.07, 6.45) is 3.21. The van der Waals surface area contributed by atoms with Crippen LogP contribution in [-0.2, 0) is 9.59 Å². The van der Waals surface area contributed by atoms with Crippen LogP contribution in [0.5, 0.6) is 0 Å². The molecule has 1 aromatic rings. The second kappa shape index (κ2) is 9.89. The van der Waals surface area contributed by atoms with Gasteiger partial charge >= 0.3 is 0 Å². The van der Waals surface area contributed by atoms with Crippen LogP contribution in [-0.4, -0.2) is 102 Å². The van der Waals surface area contributed by atoms with Crippen molar-refractivity contribution >= 4 is 40.7 Å². The Balaban J connectivity index is 1.28. The molecule has 11 heteroatoms. The first-order valence-corrected chi connectivity index (χ1v) is 13.4. The number of piperidine rings is 1. The van der Waals surface area contributed by atoms with Gasteiger partial charge in [0.25, 0.3) is 5.92 Å². The van der Waals surface area contributed by atoms with Crippen molar-refractivity contribution in [1.29, 1.82) is 0 Å². The highest BCUT2D eigenvalue weighted by atomic mass is 35.5. The Morgan fingerprint density at radius 3 is 2.47 bits per heavy atom. The summed E-state index contributed by atoms with van der Waals surface area (Å²) in [6, 6.07) is 4.49. The van der Waals surface area contributed by atoms with Crippen molar-refractivity contribution in [2.24, 2.45) is 5.41 Å². The number of amides is 2. The van der Waals surface area contributed by atoms with E-state index in [9.17, 15) is 23.5 Å². The maximum absolute atomic E-state index is 13.6. The van der Waals surface area contributed by atoms with Crippen LogP contribution in [0.1, 0.15) is 32.1 Å². The standard InChI is InChI=1S/C25H32Cl2F2N4O3/c26-18-2-1-17(13-19(18)27)31-9-4-22(35)33(12-11-31)20(23(36)32-15-25(28,29)16-32)3-8-30-10-7-24(5-6-24)21(34)14-30/h1-2,13,20-21,34H,3-12,14-16H2. The highest BCUT2D eigenvalue weighted by Crippen LogP contribution is 2.53. The molecule has 4 aliphatic rings. The molecule has 2 amide bonds. The lowest BCUT2D eigenvalue weighted by atomic mass is 9.90. The van der Waals surface area contributed by atoms with Crippen molar-refractivity contribution in [3.8, 4) is 0 Å². The summed E-state index contributed by atoms with van der Waals surface area (Å²) >= 11 is 12.2. The molecular weight excluding hydrogens is 513 g/mol. The van der Waals surface area contributed by atoms with Crippen LogP contribution in [0.2, 0.25) is 10.0 Å². The van der Waals surface area contributed by atoms with Crippen molar-refractivity contribution in [3.05, 3.63) is 28.2 Å². The molecule has 0 radical (unpaired) electrons. The van der Waals surface area contributed by atoms with Crippen LogP contribution in [0.3, 0.4) is 0 Å². The number of alkyl halides is 2. The van der Waals surface area contributed by atoms with E-state index in [4.69, 9.17) is 23.2 Å². The lowest BCUT2D eigenvalue weighted by Gasteiger charge is -2.43. The molecule has 0 bridgehead atoms. The largest absolute Gasteiger partial charge is 0.391 e. The first kappa shape index (κ1) is 25.9. The number of benzene rings is 1. The molecule has 36 heavy (non-hydrogen) atoms. The Labute approximate surface area is 219 Å². The number of rotatable bonds is 6. The van der Waals surface area contributed by atoms with E-state index in [1.807, 2.05) is 11.0 Å². The molecule has 5 rings (SSSR count). The summed E-state index contributed by atoms with van der Waals surface area (Å²) in [4.78, 5) is 33.4. The van der Waals surface area contributed by atoms with Crippen LogP contribution in [0, 0.1) is 5.41 Å². The fraction of sp³-hybridized carbons (Fsp3) is 0.680. The minimum Gasteiger partial charge on any atom is -0.391 e. The molecule has 1 saturated carbocycles. The van der Waals surface area contributed by atoms with Crippen LogP contribution in [0.4, 0.5) is 14.5 Å². The van der Waals surface area contributed by atoms with Gasteiger partial charge in [0.1, 0.15) is 6.04 Å². The topological polar surface area (TPSA) is 67.3 Å². The Morgan fingerprint density at radius 1 is 1.08 bits per heavy atom. The number of hydrogen-bond acceptors (Lipinski definition) is 5. The second-order valence-corrected chi connectivity index (χ2v) is 11.5. The zero-order valence-corrected chi connectivity index (χ0v) is 21.7. The predicted molar refractivity (Wildman–Crippen MR) is 134 cm³/mol. The highest BCUT2D eigenvalue weighted by Gasteiger charge is 2.52.